The maximum Gasteiger partial charge on any atom is 0.0525 e. The van der Waals surface area contributed by atoms with Crippen molar-refractivity contribution in [3.05, 3.63) is 47.8 Å². The van der Waals surface area contributed by atoms with Crippen LogP contribution in [0.2, 0.25) is 0 Å². The Hall–Kier alpha value is -1.81. The largest absolute Gasteiger partial charge is 0.378 e. The standard InChI is InChI=1S/C16H24N4/c1-13(2)20-16(9-10-18-20)12-17-11-14-5-7-15(8-6-14)19(3)4/h5-10,13,17H,11-12H2,1-4H3. The van der Waals surface area contributed by atoms with E-state index in [-0.39, 0.29) is 0 Å². The third kappa shape index (κ3) is 3.61. The molecule has 0 unspecified atom stereocenters. The lowest BCUT2D eigenvalue weighted by Gasteiger charge is -2.13. The van der Waals surface area contributed by atoms with Crippen LogP contribution in [0.3, 0.4) is 0 Å². The van der Waals surface area contributed by atoms with Crippen LogP contribution in [0.5, 0.6) is 0 Å². The van der Waals surface area contributed by atoms with Crippen LogP contribution in [-0.4, -0.2) is 23.9 Å². The Morgan fingerprint density at radius 2 is 1.80 bits per heavy atom. The van der Waals surface area contributed by atoms with E-state index in [0.29, 0.717) is 6.04 Å². The molecule has 0 amide bonds. The first kappa shape index (κ1) is 14.6. The minimum Gasteiger partial charge on any atom is -0.378 e. The molecule has 20 heavy (non-hydrogen) atoms. The molecule has 0 saturated heterocycles. The van der Waals surface area contributed by atoms with E-state index in [1.807, 2.05) is 6.20 Å². The van der Waals surface area contributed by atoms with Gasteiger partial charge in [-0.2, -0.15) is 5.10 Å². The molecule has 108 valence electrons. The Morgan fingerprint density at radius 3 is 2.40 bits per heavy atom. The van der Waals surface area contributed by atoms with Gasteiger partial charge in [-0.1, -0.05) is 12.1 Å². The van der Waals surface area contributed by atoms with Gasteiger partial charge in [0.25, 0.3) is 0 Å². The van der Waals surface area contributed by atoms with Gasteiger partial charge in [0.2, 0.25) is 0 Å². The van der Waals surface area contributed by atoms with E-state index >= 15 is 0 Å². The van der Waals surface area contributed by atoms with Crippen molar-refractivity contribution < 1.29 is 0 Å². The number of nitrogens with zero attached hydrogens (tertiary/aromatic N) is 3. The van der Waals surface area contributed by atoms with Crippen LogP contribution in [-0.2, 0) is 13.1 Å². The van der Waals surface area contributed by atoms with Crippen LogP contribution in [0.25, 0.3) is 0 Å². The molecule has 4 heteroatoms. The zero-order valence-electron chi connectivity index (χ0n) is 12.8. The number of benzene rings is 1. The molecule has 1 aromatic carbocycles. The summed E-state index contributed by atoms with van der Waals surface area (Å²) < 4.78 is 2.06. The molecule has 1 aromatic heterocycles. The number of hydrogen-bond donors (Lipinski definition) is 1. The van der Waals surface area contributed by atoms with Gasteiger partial charge in [0.1, 0.15) is 0 Å². The summed E-state index contributed by atoms with van der Waals surface area (Å²) in [5, 5.41) is 7.82. The zero-order chi connectivity index (χ0) is 14.5. The van der Waals surface area contributed by atoms with Crippen molar-refractivity contribution in [2.24, 2.45) is 0 Å². The second kappa shape index (κ2) is 6.57. The van der Waals surface area contributed by atoms with Gasteiger partial charge in [-0.15, -0.1) is 0 Å². The van der Waals surface area contributed by atoms with E-state index in [1.54, 1.807) is 0 Å². The molecule has 1 N–H and O–H groups in total. The van der Waals surface area contributed by atoms with E-state index in [2.05, 4.69) is 78.3 Å². The molecule has 0 atom stereocenters. The van der Waals surface area contributed by atoms with E-state index in [4.69, 9.17) is 0 Å². The summed E-state index contributed by atoms with van der Waals surface area (Å²) in [5.74, 6) is 0. The Labute approximate surface area is 121 Å². The monoisotopic (exact) mass is 272 g/mol. The lowest BCUT2D eigenvalue weighted by molar-refractivity contribution is 0.495. The summed E-state index contributed by atoms with van der Waals surface area (Å²) >= 11 is 0. The first-order valence-corrected chi connectivity index (χ1v) is 7.07. The van der Waals surface area contributed by atoms with Crippen LogP contribution in [0.4, 0.5) is 5.69 Å². The topological polar surface area (TPSA) is 33.1 Å². The molecule has 0 spiro atoms. The van der Waals surface area contributed by atoms with E-state index in [9.17, 15) is 0 Å². The summed E-state index contributed by atoms with van der Waals surface area (Å²) in [6.45, 7) is 6.01. The van der Waals surface area contributed by atoms with Crippen molar-refractivity contribution in [2.45, 2.75) is 33.0 Å². The summed E-state index contributed by atoms with van der Waals surface area (Å²) in [4.78, 5) is 2.11. The van der Waals surface area contributed by atoms with Gasteiger partial charge in [0.15, 0.2) is 0 Å². The summed E-state index contributed by atoms with van der Waals surface area (Å²) in [6, 6.07) is 11.1. The van der Waals surface area contributed by atoms with E-state index < -0.39 is 0 Å². The van der Waals surface area contributed by atoms with Gasteiger partial charge in [0, 0.05) is 45.1 Å². The minimum atomic E-state index is 0.404. The Kier molecular flexibility index (Phi) is 4.79. The first-order valence-electron chi connectivity index (χ1n) is 7.07. The van der Waals surface area contributed by atoms with Gasteiger partial charge in [-0.3, -0.25) is 4.68 Å². The maximum absolute atomic E-state index is 4.34. The minimum absolute atomic E-state index is 0.404. The number of aromatic nitrogens is 2. The fourth-order valence-electron chi connectivity index (χ4n) is 2.19. The number of rotatable bonds is 6. The molecule has 0 radical (unpaired) electrons. The molecular weight excluding hydrogens is 248 g/mol. The average molecular weight is 272 g/mol. The SMILES string of the molecule is CC(C)n1nccc1CNCc1ccc(N(C)C)cc1. The van der Waals surface area contributed by atoms with Crippen molar-refractivity contribution in [2.75, 3.05) is 19.0 Å². The third-order valence-electron chi connectivity index (χ3n) is 3.33. The Balaban J connectivity index is 1.88. The van der Waals surface area contributed by atoms with Crippen LogP contribution in [0.15, 0.2) is 36.5 Å². The predicted octanol–water partition coefficient (Wildman–Crippen LogP) is 2.82. The summed E-state index contributed by atoms with van der Waals surface area (Å²) in [6.07, 6.45) is 1.86. The highest BCUT2D eigenvalue weighted by atomic mass is 15.3. The predicted molar refractivity (Wildman–Crippen MR) is 83.9 cm³/mol. The first-order chi connectivity index (χ1) is 9.58. The van der Waals surface area contributed by atoms with Crippen LogP contribution in [0, 0.1) is 0 Å². The van der Waals surface area contributed by atoms with Crippen LogP contribution in [0.1, 0.15) is 31.1 Å². The number of hydrogen-bond acceptors (Lipinski definition) is 3. The molecule has 1 heterocycles. The zero-order valence-corrected chi connectivity index (χ0v) is 12.8. The van der Waals surface area contributed by atoms with Gasteiger partial charge >= 0.3 is 0 Å². The van der Waals surface area contributed by atoms with Crippen LogP contribution < -0.4 is 10.2 Å². The molecule has 0 aliphatic rings. The molecule has 0 saturated carbocycles. The highest BCUT2D eigenvalue weighted by Gasteiger charge is 2.05. The Morgan fingerprint density at radius 1 is 1.10 bits per heavy atom. The normalized spacial score (nSPS) is 11.1. The van der Waals surface area contributed by atoms with Gasteiger partial charge in [0.05, 0.1) is 5.69 Å². The number of nitrogens with one attached hydrogen (secondary N) is 1. The van der Waals surface area contributed by atoms with E-state index in [0.717, 1.165) is 13.1 Å². The second-order valence-corrected chi connectivity index (χ2v) is 5.53. The Bertz CT molecular complexity index is 526. The summed E-state index contributed by atoms with van der Waals surface area (Å²) in [5.41, 5.74) is 3.75. The average Bonchev–Trinajstić information content (AvgIpc) is 2.88. The fourth-order valence-corrected chi connectivity index (χ4v) is 2.19. The fraction of sp³-hybridized carbons (Fsp3) is 0.438. The van der Waals surface area contributed by atoms with Crippen molar-refractivity contribution in [1.82, 2.24) is 15.1 Å². The van der Waals surface area contributed by atoms with Gasteiger partial charge in [-0.25, -0.2) is 0 Å². The van der Waals surface area contributed by atoms with Gasteiger partial charge in [-0.05, 0) is 37.6 Å². The lowest BCUT2D eigenvalue weighted by atomic mass is 10.2. The van der Waals surface area contributed by atoms with Crippen molar-refractivity contribution in [1.29, 1.82) is 0 Å². The third-order valence-corrected chi connectivity index (χ3v) is 3.33. The molecule has 2 rings (SSSR count). The van der Waals surface area contributed by atoms with Crippen molar-refractivity contribution in [3.63, 3.8) is 0 Å². The molecule has 0 bridgehead atoms. The van der Waals surface area contributed by atoms with Gasteiger partial charge < -0.3 is 10.2 Å². The highest BCUT2D eigenvalue weighted by Crippen LogP contribution is 2.12. The molecule has 2 aromatic rings. The smallest absolute Gasteiger partial charge is 0.0525 e. The van der Waals surface area contributed by atoms with Crippen LogP contribution >= 0.6 is 0 Å². The highest BCUT2D eigenvalue weighted by molar-refractivity contribution is 5.45. The molecular formula is C16H24N4. The molecule has 4 nitrogen and oxygen atoms in total. The second-order valence-electron chi connectivity index (χ2n) is 5.53. The maximum atomic E-state index is 4.34. The molecule has 0 aliphatic heterocycles. The lowest BCUT2D eigenvalue weighted by Crippen LogP contribution is -2.17. The molecule has 0 aliphatic carbocycles. The molecule has 0 fully saturated rings. The van der Waals surface area contributed by atoms with E-state index in [1.165, 1.54) is 16.9 Å². The summed E-state index contributed by atoms with van der Waals surface area (Å²) in [7, 11) is 4.11. The quantitative estimate of drug-likeness (QED) is 0.878. The van der Waals surface area contributed by atoms with Crippen molar-refractivity contribution in [3.8, 4) is 0 Å². The number of anilines is 1. The van der Waals surface area contributed by atoms with Crippen molar-refractivity contribution >= 4 is 5.69 Å².